The van der Waals surface area contributed by atoms with Crippen LogP contribution in [-0.4, -0.2) is 42.9 Å². The zero-order chi connectivity index (χ0) is 11.1. The molecule has 0 aliphatic carbocycles. The summed E-state index contributed by atoms with van der Waals surface area (Å²) >= 11 is 5.38. The first-order valence-corrected chi connectivity index (χ1v) is 6.23. The molecule has 1 aliphatic rings. The van der Waals surface area contributed by atoms with E-state index in [1.54, 1.807) is 7.11 Å². The lowest BCUT2D eigenvalue weighted by atomic mass is 10.2. The van der Waals surface area contributed by atoms with Crippen LogP contribution in [0, 0.1) is 0 Å². The van der Waals surface area contributed by atoms with E-state index in [0.717, 1.165) is 31.2 Å². The standard InChI is InChI=1S/C11H22N2OS/c1-3-10-6-4-8-13(10)11(15)12-7-5-9-14-2/h10H,3-9H2,1-2H3,(H,12,15). The van der Waals surface area contributed by atoms with Crippen LogP contribution in [0.3, 0.4) is 0 Å². The molecule has 88 valence electrons. The summed E-state index contributed by atoms with van der Waals surface area (Å²) < 4.78 is 4.99. The normalized spacial score (nSPS) is 20.7. The van der Waals surface area contributed by atoms with Crippen LogP contribution < -0.4 is 5.32 Å². The molecule has 15 heavy (non-hydrogen) atoms. The van der Waals surface area contributed by atoms with Crippen molar-refractivity contribution in [1.82, 2.24) is 10.2 Å². The smallest absolute Gasteiger partial charge is 0.169 e. The average molecular weight is 230 g/mol. The summed E-state index contributed by atoms with van der Waals surface area (Å²) in [5.41, 5.74) is 0. The van der Waals surface area contributed by atoms with Crippen LogP contribution in [0.1, 0.15) is 32.6 Å². The van der Waals surface area contributed by atoms with E-state index < -0.39 is 0 Å². The molecule has 0 spiro atoms. The highest BCUT2D eigenvalue weighted by Crippen LogP contribution is 2.19. The van der Waals surface area contributed by atoms with Gasteiger partial charge in [-0.25, -0.2) is 0 Å². The predicted octanol–water partition coefficient (Wildman–Crippen LogP) is 1.77. The second-order valence-corrected chi connectivity index (χ2v) is 4.36. The van der Waals surface area contributed by atoms with Gasteiger partial charge in [-0.3, -0.25) is 0 Å². The molecule has 0 aromatic rings. The van der Waals surface area contributed by atoms with E-state index >= 15 is 0 Å². The molecule has 1 fully saturated rings. The SMILES string of the molecule is CCC1CCCN1C(=S)NCCCOC. The predicted molar refractivity (Wildman–Crippen MR) is 67.1 cm³/mol. The second kappa shape index (κ2) is 7.01. The lowest BCUT2D eigenvalue weighted by Crippen LogP contribution is -2.42. The van der Waals surface area contributed by atoms with Gasteiger partial charge in [0.2, 0.25) is 0 Å². The Morgan fingerprint density at radius 2 is 2.40 bits per heavy atom. The van der Waals surface area contributed by atoms with E-state index in [1.165, 1.54) is 19.3 Å². The van der Waals surface area contributed by atoms with E-state index in [1.807, 2.05) is 0 Å². The molecule has 0 aromatic carbocycles. The van der Waals surface area contributed by atoms with Crippen molar-refractivity contribution >= 4 is 17.3 Å². The Morgan fingerprint density at radius 3 is 3.07 bits per heavy atom. The summed E-state index contributed by atoms with van der Waals surface area (Å²) in [5, 5.41) is 4.23. The summed E-state index contributed by atoms with van der Waals surface area (Å²) in [6.45, 7) is 5.07. The molecule has 0 aromatic heterocycles. The molecular formula is C11H22N2OS. The fraction of sp³-hybridized carbons (Fsp3) is 0.909. The van der Waals surface area contributed by atoms with Crippen LogP contribution in [0.2, 0.25) is 0 Å². The van der Waals surface area contributed by atoms with E-state index in [0.29, 0.717) is 6.04 Å². The van der Waals surface area contributed by atoms with Crippen molar-refractivity contribution in [3.63, 3.8) is 0 Å². The molecule has 0 saturated carbocycles. The zero-order valence-corrected chi connectivity index (χ0v) is 10.6. The molecule has 1 N–H and O–H groups in total. The molecular weight excluding hydrogens is 208 g/mol. The van der Waals surface area contributed by atoms with Gasteiger partial charge in [-0.2, -0.15) is 0 Å². The van der Waals surface area contributed by atoms with Crippen molar-refractivity contribution in [2.45, 2.75) is 38.6 Å². The topological polar surface area (TPSA) is 24.5 Å². The monoisotopic (exact) mass is 230 g/mol. The molecule has 3 nitrogen and oxygen atoms in total. The zero-order valence-electron chi connectivity index (χ0n) is 9.79. The maximum Gasteiger partial charge on any atom is 0.169 e. The highest BCUT2D eigenvalue weighted by molar-refractivity contribution is 7.80. The molecule has 1 unspecified atom stereocenters. The van der Waals surface area contributed by atoms with Crippen molar-refractivity contribution in [3.05, 3.63) is 0 Å². The van der Waals surface area contributed by atoms with Gasteiger partial charge in [0, 0.05) is 32.8 Å². The van der Waals surface area contributed by atoms with Gasteiger partial charge in [0.15, 0.2) is 5.11 Å². The maximum atomic E-state index is 5.38. The highest BCUT2D eigenvalue weighted by atomic mass is 32.1. The van der Waals surface area contributed by atoms with Crippen molar-refractivity contribution in [3.8, 4) is 0 Å². The Balaban J connectivity index is 2.21. The second-order valence-electron chi connectivity index (χ2n) is 3.98. The molecule has 0 amide bonds. The van der Waals surface area contributed by atoms with Gasteiger partial charge in [-0.15, -0.1) is 0 Å². The Hall–Kier alpha value is -0.350. The molecule has 4 heteroatoms. The van der Waals surface area contributed by atoms with Crippen molar-refractivity contribution in [1.29, 1.82) is 0 Å². The van der Waals surface area contributed by atoms with E-state index in [9.17, 15) is 0 Å². The molecule has 1 aliphatic heterocycles. The molecule has 0 bridgehead atoms. The summed E-state index contributed by atoms with van der Waals surface area (Å²) in [7, 11) is 1.73. The molecule has 1 atom stereocenters. The number of ether oxygens (including phenoxy) is 1. The minimum absolute atomic E-state index is 0.660. The van der Waals surface area contributed by atoms with Crippen LogP contribution in [-0.2, 0) is 4.74 Å². The van der Waals surface area contributed by atoms with Crippen molar-refractivity contribution < 1.29 is 4.74 Å². The van der Waals surface area contributed by atoms with Crippen LogP contribution in [0.5, 0.6) is 0 Å². The number of likely N-dealkylation sites (tertiary alicyclic amines) is 1. The third-order valence-corrected chi connectivity index (χ3v) is 3.29. The largest absolute Gasteiger partial charge is 0.385 e. The fourth-order valence-electron chi connectivity index (χ4n) is 2.04. The summed E-state index contributed by atoms with van der Waals surface area (Å²) in [6, 6.07) is 0.660. The molecule has 1 heterocycles. The number of hydrogen-bond acceptors (Lipinski definition) is 2. The summed E-state index contributed by atoms with van der Waals surface area (Å²) in [5.74, 6) is 0. The molecule has 1 saturated heterocycles. The first-order chi connectivity index (χ1) is 7.29. The number of nitrogens with zero attached hydrogens (tertiary/aromatic N) is 1. The first kappa shape index (κ1) is 12.7. The Morgan fingerprint density at radius 1 is 1.60 bits per heavy atom. The van der Waals surface area contributed by atoms with Gasteiger partial charge in [-0.1, -0.05) is 6.92 Å². The Labute approximate surface area is 98.2 Å². The number of methoxy groups -OCH3 is 1. The number of nitrogens with one attached hydrogen (secondary N) is 1. The minimum atomic E-state index is 0.660. The third kappa shape index (κ3) is 3.95. The number of hydrogen-bond donors (Lipinski definition) is 1. The van der Waals surface area contributed by atoms with Gasteiger partial charge in [0.25, 0.3) is 0 Å². The number of thiocarbonyl (C=S) groups is 1. The first-order valence-electron chi connectivity index (χ1n) is 5.83. The van der Waals surface area contributed by atoms with Crippen LogP contribution >= 0.6 is 12.2 Å². The summed E-state index contributed by atoms with van der Waals surface area (Å²) in [4.78, 5) is 2.34. The molecule has 0 radical (unpaired) electrons. The van der Waals surface area contributed by atoms with Gasteiger partial charge >= 0.3 is 0 Å². The maximum absolute atomic E-state index is 5.38. The van der Waals surface area contributed by atoms with E-state index in [-0.39, 0.29) is 0 Å². The quantitative estimate of drug-likeness (QED) is 0.575. The highest BCUT2D eigenvalue weighted by Gasteiger charge is 2.24. The van der Waals surface area contributed by atoms with Gasteiger partial charge in [0.05, 0.1) is 0 Å². The lowest BCUT2D eigenvalue weighted by Gasteiger charge is -2.26. The number of rotatable bonds is 5. The van der Waals surface area contributed by atoms with Crippen molar-refractivity contribution in [2.75, 3.05) is 26.8 Å². The van der Waals surface area contributed by atoms with Crippen LogP contribution in [0.4, 0.5) is 0 Å². The van der Waals surface area contributed by atoms with Gasteiger partial charge < -0.3 is 15.0 Å². The third-order valence-electron chi connectivity index (χ3n) is 2.91. The fourth-order valence-corrected chi connectivity index (χ4v) is 2.38. The van der Waals surface area contributed by atoms with Gasteiger partial charge in [-0.05, 0) is 37.9 Å². The average Bonchev–Trinajstić information content (AvgIpc) is 2.72. The Bertz CT molecular complexity index is 199. The molecule has 1 rings (SSSR count). The van der Waals surface area contributed by atoms with E-state index in [4.69, 9.17) is 17.0 Å². The Kier molecular flexibility index (Phi) is 5.95. The minimum Gasteiger partial charge on any atom is -0.385 e. The lowest BCUT2D eigenvalue weighted by molar-refractivity contribution is 0.195. The van der Waals surface area contributed by atoms with E-state index in [2.05, 4.69) is 17.1 Å². The van der Waals surface area contributed by atoms with Gasteiger partial charge in [0.1, 0.15) is 0 Å². The van der Waals surface area contributed by atoms with Crippen LogP contribution in [0.15, 0.2) is 0 Å². The van der Waals surface area contributed by atoms with Crippen LogP contribution in [0.25, 0.3) is 0 Å². The summed E-state index contributed by atoms with van der Waals surface area (Å²) in [6.07, 6.45) is 4.77. The van der Waals surface area contributed by atoms with Crippen molar-refractivity contribution in [2.24, 2.45) is 0 Å².